The van der Waals surface area contributed by atoms with Crippen LogP contribution in [0, 0.1) is 12.8 Å². The number of carbonyl (C=O) groups is 1. The summed E-state index contributed by atoms with van der Waals surface area (Å²) in [6.45, 7) is 6.31. The Bertz CT molecular complexity index is 902. The Hall–Kier alpha value is -2.19. The molecule has 0 bridgehead atoms. The Morgan fingerprint density at radius 1 is 1.29 bits per heavy atom. The van der Waals surface area contributed by atoms with E-state index < -0.39 is 10.0 Å². The highest BCUT2D eigenvalue weighted by Crippen LogP contribution is 2.25. The lowest BCUT2D eigenvalue weighted by Crippen LogP contribution is -2.38. The van der Waals surface area contributed by atoms with Crippen molar-refractivity contribution in [1.29, 1.82) is 0 Å². The van der Waals surface area contributed by atoms with Gasteiger partial charge in [-0.25, -0.2) is 13.4 Å². The Kier molecular flexibility index (Phi) is 6.51. The van der Waals surface area contributed by atoms with Crippen LogP contribution in [0.3, 0.4) is 0 Å². The van der Waals surface area contributed by atoms with Crippen molar-refractivity contribution in [1.82, 2.24) is 19.2 Å². The number of carbonyl (C=O) groups excluding carboxylic acids is 1. The van der Waals surface area contributed by atoms with Gasteiger partial charge in [-0.3, -0.25) is 4.79 Å². The molecule has 1 aromatic heterocycles. The maximum Gasteiger partial charge on any atom is 0.251 e. The summed E-state index contributed by atoms with van der Waals surface area (Å²) in [5.41, 5.74) is 1.17. The molecule has 1 amide bonds. The maximum absolute atomic E-state index is 13.0. The lowest BCUT2D eigenvalue weighted by molar-refractivity contribution is 0.0952. The normalized spacial score (nSPS) is 16.2. The highest BCUT2D eigenvalue weighted by atomic mass is 32.2. The first-order valence-corrected chi connectivity index (χ1v) is 11.2. The molecule has 7 nitrogen and oxygen atoms in total. The van der Waals surface area contributed by atoms with Crippen LogP contribution in [-0.4, -0.2) is 47.8 Å². The number of imidazole rings is 1. The molecule has 28 heavy (non-hydrogen) atoms. The first kappa shape index (κ1) is 20.5. The average Bonchev–Trinajstić information content (AvgIpc) is 3.19. The molecule has 1 fully saturated rings. The van der Waals surface area contributed by atoms with Crippen LogP contribution in [0.5, 0.6) is 0 Å². The Balaban J connectivity index is 1.65. The molecule has 152 valence electrons. The number of benzene rings is 1. The highest BCUT2D eigenvalue weighted by Gasteiger charge is 2.28. The van der Waals surface area contributed by atoms with E-state index in [1.54, 1.807) is 24.7 Å². The number of aromatic nitrogens is 2. The van der Waals surface area contributed by atoms with Crippen molar-refractivity contribution in [2.75, 3.05) is 19.6 Å². The minimum atomic E-state index is -3.57. The molecule has 1 N–H and O–H groups in total. The molecule has 0 atom stereocenters. The lowest BCUT2D eigenvalue weighted by atomic mass is 10.0. The molecule has 0 spiro atoms. The van der Waals surface area contributed by atoms with E-state index in [2.05, 4.69) is 17.2 Å². The fourth-order valence-electron chi connectivity index (χ4n) is 3.36. The third-order valence-electron chi connectivity index (χ3n) is 5.27. The van der Waals surface area contributed by atoms with Crippen LogP contribution in [0.25, 0.3) is 0 Å². The van der Waals surface area contributed by atoms with Crippen LogP contribution in [0.2, 0.25) is 0 Å². The van der Waals surface area contributed by atoms with Crippen molar-refractivity contribution < 1.29 is 13.2 Å². The number of aryl methyl sites for hydroxylation is 2. The van der Waals surface area contributed by atoms with Crippen LogP contribution in [0.1, 0.15) is 42.1 Å². The second-order valence-electron chi connectivity index (χ2n) is 7.47. The lowest BCUT2D eigenvalue weighted by Gasteiger charge is -2.29. The molecule has 1 aromatic carbocycles. The summed E-state index contributed by atoms with van der Waals surface area (Å²) in [4.78, 5) is 16.8. The standard InChI is InChI=1S/C20H28N4O3S/c1-16-6-11-24(12-7-16)28(26,27)18-5-4-17(2)19(14-18)20(25)22-8-3-10-23-13-9-21-15-23/h4-5,9,13-16H,3,6-8,10-12H2,1-2H3,(H,22,25). The van der Waals surface area contributed by atoms with E-state index >= 15 is 0 Å². The SMILES string of the molecule is Cc1ccc(S(=O)(=O)N2CCC(C)CC2)cc1C(=O)NCCCn1ccnc1. The Labute approximate surface area is 166 Å². The number of hydrogen-bond donors (Lipinski definition) is 1. The third kappa shape index (κ3) is 4.80. The minimum absolute atomic E-state index is 0.191. The van der Waals surface area contributed by atoms with Crippen molar-refractivity contribution in [3.63, 3.8) is 0 Å². The molecule has 0 radical (unpaired) electrons. The molecule has 1 aliphatic rings. The molecule has 0 saturated carbocycles. The zero-order valence-corrected chi connectivity index (χ0v) is 17.3. The minimum Gasteiger partial charge on any atom is -0.352 e. The van der Waals surface area contributed by atoms with E-state index in [0.717, 1.165) is 31.4 Å². The van der Waals surface area contributed by atoms with E-state index in [-0.39, 0.29) is 10.8 Å². The largest absolute Gasteiger partial charge is 0.352 e. The summed E-state index contributed by atoms with van der Waals surface area (Å²) >= 11 is 0. The summed E-state index contributed by atoms with van der Waals surface area (Å²) < 4.78 is 29.4. The van der Waals surface area contributed by atoms with Gasteiger partial charge in [0.15, 0.2) is 0 Å². The van der Waals surface area contributed by atoms with Gasteiger partial charge in [-0.05, 0) is 49.8 Å². The fraction of sp³-hybridized carbons (Fsp3) is 0.500. The molecule has 1 saturated heterocycles. The second-order valence-corrected chi connectivity index (χ2v) is 9.41. The monoisotopic (exact) mass is 404 g/mol. The highest BCUT2D eigenvalue weighted by molar-refractivity contribution is 7.89. The van der Waals surface area contributed by atoms with Gasteiger partial charge in [-0.15, -0.1) is 0 Å². The third-order valence-corrected chi connectivity index (χ3v) is 7.17. The Morgan fingerprint density at radius 3 is 2.71 bits per heavy atom. The number of piperidine rings is 1. The number of nitrogens with one attached hydrogen (secondary N) is 1. The summed E-state index contributed by atoms with van der Waals surface area (Å²) in [7, 11) is -3.57. The first-order chi connectivity index (χ1) is 13.4. The van der Waals surface area contributed by atoms with Crippen molar-refractivity contribution >= 4 is 15.9 Å². The van der Waals surface area contributed by atoms with Crippen molar-refractivity contribution in [2.24, 2.45) is 5.92 Å². The van der Waals surface area contributed by atoms with Gasteiger partial charge in [0.2, 0.25) is 10.0 Å². The van der Waals surface area contributed by atoms with Gasteiger partial charge in [-0.2, -0.15) is 4.31 Å². The van der Waals surface area contributed by atoms with E-state index in [9.17, 15) is 13.2 Å². The van der Waals surface area contributed by atoms with Gasteiger partial charge < -0.3 is 9.88 Å². The van der Waals surface area contributed by atoms with E-state index in [1.165, 1.54) is 10.4 Å². The van der Waals surface area contributed by atoms with Crippen LogP contribution in [0.15, 0.2) is 41.8 Å². The predicted octanol–water partition coefficient (Wildman–Crippen LogP) is 2.43. The van der Waals surface area contributed by atoms with Crippen LogP contribution < -0.4 is 5.32 Å². The van der Waals surface area contributed by atoms with Crippen molar-refractivity contribution in [3.05, 3.63) is 48.0 Å². The zero-order chi connectivity index (χ0) is 20.1. The first-order valence-electron chi connectivity index (χ1n) is 9.72. The maximum atomic E-state index is 13.0. The molecule has 3 rings (SSSR count). The second kappa shape index (κ2) is 8.87. The van der Waals surface area contributed by atoms with Crippen molar-refractivity contribution in [2.45, 2.75) is 44.6 Å². The summed E-state index contributed by atoms with van der Waals surface area (Å²) in [6.07, 6.45) is 7.84. The average molecular weight is 405 g/mol. The van der Waals surface area contributed by atoms with E-state index in [1.807, 2.05) is 17.7 Å². The smallest absolute Gasteiger partial charge is 0.251 e. The topological polar surface area (TPSA) is 84.3 Å². The quantitative estimate of drug-likeness (QED) is 0.719. The Morgan fingerprint density at radius 2 is 2.04 bits per heavy atom. The van der Waals surface area contributed by atoms with Gasteiger partial charge in [0.1, 0.15) is 0 Å². The van der Waals surface area contributed by atoms with Crippen LogP contribution in [0.4, 0.5) is 0 Å². The summed E-state index contributed by atoms with van der Waals surface area (Å²) in [5.74, 6) is 0.306. The number of hydrogen-bond acceptors (Lipinski definition) is 4. The molecule has 2 heterocycles. The van der Waals surface area contributed by atoms with Gasteiger partial charge >= 0.3 is 0 Å². The van der Waals surface area contributed by atoms with Crippen LogP contribution >= 0.6 is 0 Å². The molecule has 2 aromatic rings. The zero-order valence-electron chi connectivity index (χ0n) is 16.5. The van der Waals surface area contributed by atoms with E-state index in [0.29, 0.717) is 31.1 Å². The summed E-state index contributed by atoms with van der Waals surface area (Å²) in [5, 5.41) is 2.89. The number of rotatable bonds is 7. The van der Waals surface area contributed by atoms with Crippen molar-refractivity contribution in [3.8, 4) is 0 Å². The van der Waals surface area contributed by atoms with Gasteiger partial charge in [-0.1, -0.05) is 13.0 Å². The molecule has 8 heteroatoms. The van der Waals surface area contributed by atoms with Gasteiger partial charge in [0.25, 0.3) is 5.91 Å². The van der Waals surface area contributed by atoms with Gasteiger partial charge in [0.05, 0.1) is 11.2 Å². The number of sulfonamides is 1. The van der Waals surface area contributed by atoms with Crippen LogP contribution in [-0.2, 0) is 16.6 Å². The predicted molar refractivity (Wildman–Crippen MR) is 108 cm³/mol. The fourth-order valence-corrected chi connectivity index (χ4v) is 4.85. The molecule has 0 aliphatic carbocycles. The van der Waals surface area contributed by atoms with Gasteiger partial charge in [0, 0.05) is 44.1 Å². The molecule has 0 unspecified atom stereocenters. The van der Waals surface area contributed by atoms with E-state index in [4.69, 9.17) is 0 Å². The summed E-state index contributed by atoms with van der Waals surface area (Å²) in [6, 6.07) is 4.81. The number of amides is 1. The molecular formula is C20H28N4O3S. The molecule has 1 aliphatic heterocycles. The number of nitrogens with zero attached hydrogens (tertiary/aromatic N) is 3. The molecular weight excluding hydrogens is 376 g/mol.